The molecular formula is C21H16F3N5S. The molecule has 3 heterocycles. The Bertz CT molecular complexity index is 1190. The Kier molecular flexibility index (Phi) is 5.10. The summed E-state index contributed by atoms with van der Waals surface area (Å²) in [6.45, 7) is 3.15. The number of nitrogens with one attached hydrogen (secondary N) is 1. The van der Waals surface area contributed by atoms with E-state index in [1.54, 1.807) is 19.1 Å². The molecule has 0 aliphatic carbocycles. The highest BCUT2D eigenvalue weighted by atomic mass is 32.1. The molecule has 9 heteroatoms. The van der Waals surface area contributed by atoms with Crippen molar-refractivity contribution in [3.63, 3.8) is 0 Å². The van der Waals surface area contributed by atoms with Crippen molar-refractivity contribution in [1.29, 1.82) is 10.5 Å². The molecule has 2 aromatic heterocycles. The Labute approximate surface area is 175 Å². The molecule has 0 radical (unpaired) electrons. The van der Waals surface area contributed by atoms with E-state index in [9.17, 15) is 23.7 Å². The summed E-state index contributed by atoms with van der Waals surface area (Å²) in [5.41, 5.74) is 1.22. The van der Waals surface area contributed by atoms with Gasteiger partial charge in [-0.3, -0.25) is 4.68 Å². The number of halogens is 3. The first-order valence-corrected chi connectivity index (χ1v) is 10.1. The maximum atomic E-state index is 13.7. The zero-order chi connectivity index (χ0) is 21.5. The highest BCUT2D eigenvalue weighted by molar-refractivity contribution is 7.12. The average Bonchev–Trinajstić information content (AvgIpc) is 3.37. The number of rotatable bonds is 3. The normalized spacial score (nSPS) is 16.0. The monoisotopic (exact) mass is 427 g/mol. The number of thiophene rings is 1. The summed E-state index contributed by atoms with van der Waals surface area (Å²) in [4.78, 5) is 1.57. The molecule has 1 aromatic carbocycles. The fourth-order valence-electron chi connectivity index (χ4n) is 3.80. The molecule has 0 amide bonds. The summed E-state index contributed by atoms with van der Waals surface area (Å²) in [6.07, 6.45) is -3.24. The molecule has 0 fully saturated rings. The molecule has 1 aliphatic rings. The topological polar surface area (TPSA) is 77.4 Å². The SMILES string of the molecule is CCn1cc(-c2cc(C#N)ccc2C2CNCc3sc(C#N)cc32)c(C(F)(F)F)n1. The Balaban J connectivity index is 1.95. The third kappa shape index (κ3) is 3.47. The smallest absolute Gasteiger partial charge is 0.311 e. The Morgan fingerprint density at radius 1 is 1.20 bits per heavy atom. The van der Waals surface area contributed by atoms with Gasteiger partial charge < -0.3 is 5.32 Å². The number of hydrogen-bond donors (Lipinski definition) is 1. The van der Waals surface area contributed by atoms with E-state index in [2.05, 4.69) is 16.5 Å². The Hall–Kier alpha value is -3.14. The van der Waals surface area contributed by atoms with Crippen LogP contribution in [0.5, 0.6) is 0 Å². The van der Waals surface area contributed by atoms with Gasteiger partial charge in [-0.05, 0) is 41.8 Å². The van der Waals surface area contributed by atoms with Crippen LogP contribution in [0, 0.1) is 22.7 Å². The van der Waals surface area contributed by atoms with Gasteiger partial charge in [-0.15, -0.1) is 11.3 Å². The molecule has 4 rings (SSSR count). The Morgan fingerprint density at radius 3 is 2.67 bits per heavy atom. The van der Waals surface area contributed by atoms with Gasteiger partial charge in [-0.1, -0.05) is 6.07 Å². The first kappa shape index (κ1) is 20.1. The number of aromatic nitrogens is 2. The number of nitrogens with zero attached hydrogens (tertiary/aromatic N) is 4. The van der Waals surface area contributed by atoms with Gasteiger partial charge in [-0.2, -0.15) is 28.8 Å². The molecular weight excluding hydrogens is 411 g/mol. The van der Waals surface area contributed by atoms with Crippen molar-refractivity contribution in [2.45, 2.75) is 32.1 Å². The van der Waals surface area contributed by atoms with Crippen molar-refractivity contribution in [2.75, 3.05) is 6.54 Å². The molecule has 3 aromatic rings. The lowest BCUT2D eigenvalue weighted by Crippen LogP contribution is -2.27. The van der Waals surface area contributed by atoms with Crippen molar-refractivity contribution in [2.24, 2.45) is 0 Å². The zero-order valence-electron chi connectivity index (χ0n) is 15.9. The molecule has 0 saturated carbocycles. The fraction of sp³-hybridized carbons (Fsp3) is 0.286. The number of benzene rings is 1. The van der Waals surface area contributed by atoms with Crippen LogP contribution in [0.3, 0.4) is 0 Å². The van der Waals surface area contributed by atoms with Gasteiger partial charge >= 0.3 is 6.18 Å². The van der Waals surface area contributed by atoms with E-state index in [0.717, 1.165) is 10.4 Å². The molecule has 1 aliphatic heterocycles. The van der Waals surface area contributed by atoms with Crippen molar-refractivity contribution < 1.29 is 13.2 Å². The lowest BCUT2D eigenvalue weighted by Gasteiger charge is -2.26. The third-order valence-corrected chi connectivity index (χ3v) is 6.22. The van der Waals surface area contributed by atoms with Crippen LogP contribution < -0.4 is 5.32 Å². The lowest BCUT2D eigenvalue weighted by molar-refractivity contribution is -0.141. The second-order valence-corrected chi connectivity index (χ2v) is 8.08. The number of nitriles is 2. The number of aryl methyl sites for hydroxylation is 1. The van der Waals surface area contributed by atoms with Crippen molar-refractivity contribution >= 4 is 11.3 Å². The second kappa shape index (κ2) is 7.60. The van der Waals surface area contributed by atoms with E-state index in [-0.39, 0.29) is 17.0 Å². The van der Waals surface area contributed by atoms with Crippen LogP contribution in [0.25, 0.3) is 11.1 Å². The Morgan fingerprint density at radius 2 is 2.00 bits per heavy atom. The maximum Gasteiger partial charge on any atom is 0.435 e. The summed E-state index contributed by atoms with van der Waals surface area (Å²) in [7, 11) is 0. The predicted octanol–water partition coefficient (Wildman–Crippen LogP) is 4.63. The summed E-state index contributed by atoms with van der Waals surface area (Å²) in [5.74, 6) is -0.235. The molecule has 30 heavy (non-hydrogen) atoms. The number of alkyl halides is 3. The van der Waals surface area contributed by atoms with Crippen LogP contribution in [-0.2, 0) is 19.3 Å². The molecule has 152 valence electrons. The van der Waals surface area contributed by atoms with Crippen molar-refractivity contribution in [3.8, 4) is 23.3 Å². The van der Waals surface area contributed by atoms with Crippen LogP contribution in [0.15, 0.2) is 30.5 Å². The van der Waals surface area contributed by atoms with Gasteiger partial charge in [0.15, 0.2) is 5.69 Å². The average molecular weight is 427 g/mol. The minimum Gasteiger partial charge on any atom is -0.311 e. The highest BCUT2D eigenvalue weighted by Gasteiger charge is 2.38. The van der Waals surface area contributed by atoms with E-state index >= 15 is 0 Å². The number of fused-ring (bicyclic) bond motifs is 1. The van der Waals surface area contributed by atoms with Gasteiger partial charge in [0.25, 0.3) is 0 Å². The molecule has 0 spiro atoms. The molecule has 0 saturated heterocycles. The summed E-state index contributed by atoms with van der Waals surface area (Å²) in [5, 5.41) is 25.6. The lowest BCUT2D eigenvalue weighted by atomic mass is 9.83. The zero-order valence-corrected chi connectivity index (χ0v) is 16.7. The maximum absolute atomic E-state index is 13.7. The summed E-state index contributed by atoms with van der Waals surface area (Å²) < 4.78 is 42.5. The predicted molar refractivity (Wildman–Crippen MR) is 106 cm³/mol. The second-order valence-electron chi connectivity index (χ2n) is 6.94. The minimum absolute atomic E-state index is 0.0423. The molecule has 5 nitrogen and oxygen atoms in total. The van der Waals surface area contributed by atoms with Crippen LogP contribution in [0.2, 0.25) is 0 Å². The first-order valence-electron chi connectivity index (χ1n) is 9.28. The van der Waals surface area contributed by atoms with Crippen LogP contribution in [0.1, 0.15) is 45.0 Å². The van der Waals surface area contributed by atoms with E-state index in [1.165, 1.54) is 28.3 Å². The first-order chi connectivity index (χ1) is 14.4. The third-order valence-electron chi connectivity index (χ3n) is 5.16. The van der Waals surface area contributed by atoms with Gasteiger partial charge in [0.1, 0.15) is 10.9 Å². The van der Waals surface area contributed by atoms with E-state index < -0.39 is 11.9 Å². The van der Waals surface area contributed by atoms with E-state index in [1.807, 2.05) is 12.1 Å². The van der Waals surface area contributed by atoms with Crippen LogP contribution in [-0.4, -0.2) is 16.3 Å². The van der Waals surface area contributed by atoms with Crippen LogP contribution >= 0.6 is 11.3 Å². The minimum atomic E-state index is -4.62. The molecule has 1 unspecified atom stereocenters. The van der Waals surface area contributed by atoms with Crippen molar-refractivity contribution in [3.05, 3.63) is 62.6 Å². The number of hydrogen-bond acceptors (Lipinski definition) is 5. The van der Waals surface area contributed by atoms with Gasteiger partial charge in [0.05, 0.1) is 11.6 Å². The standard InChI is InChI=1S/C21H16F3N5S/c1-2-29-11-18(20(28-29)21(22,23)24)15-5-12(7-25)3-4-14(15)17-9-27-10-19-16(17)6-13(8-26)30-19/h3-6,11,17,27H,2,9-10H2,1H3. The van der Waals surface area contributed by atoms with E-state index in [4.69, 9.17) is 0 Å². The van der Waals surface area contributed by atoms with Gasteiger partial charge in [0, 0.05) is 42.2 Å². The van der Waals surface area contributed by atoms with Crippen LogP contribution in [0.4, 0.5) is 13.2 Å². The van der Waals surface area contributed by atoms with Crippen molar-refractivity contribution in [1.82, 2.24) is 15.1 Å². The molecule has 1 N–H and O–H groups in total. The summed E-state index contributed by atoms with van der Waals surface area (Å²) in [6, 6.07) is 10.8. The quantitative estimate of drug-likeness (QED) is 0.661. The van der Waals surface area contributed by atoms with Gasteiger partial charge in [0.2, 0.25) is 0 Å². The van der Waals surface area contributed by atoms with Gasteiger partial charge in [-0.25, -0.2) is 0 Å². The fourth-order valence-corrected chi connectivity index (χ4v) is 4.79. The molecule has 0 bridgehead atoms. The van der Waals surface area contributed by atoms with E-state index in [0.29, 0.717) is 35.6 Å². The highest BCUT2D eigenvalue weighted by Crippen LogP contribution is 2.43. The molecule has 1 atom stereocenters. The largest absolute Gasteiger partial charge is 0.435 e. The summed E-state index contributed by atoms with van der Waals surface area (Å²) >= 11 is 1.39.